The van der Waals surface area contributed by atoms with Crippen molar-refractivity contribution in [2.45, 2.75) is 43.5 Å². The maximum atomic E-state index is 12.3. The Morgan fingerprint density at radius 1 is 1.29 bits per heavy atom. The Labute approximate surface area is 142 Å². The van der Waals surface area contributed by atoms with E-state index in [0.29, 0.717) is 17.2 Å². The zero-order chi connectivity index (χ0) is 17.0. The average Bonchev–Trinajstić information content (AvgIpc) is 3.24. The SMILES string of the molecule is CCc1nc([C@H]2CCCN2CCCS(=O)(=O)c2ccccc2)no1. The second kappa shape index (κ2) is 7.44. The number of hydrogen-bond donors (Lipinski definition) is 0. The van der Waals surface area contributed by atoms with E-state index in [4.69, 9.17) is 4.52 Å². The molecule has 0 aliphatic carbocycles. The maximum absolute atomic E-state index is 12.3. The fourth-order valence-electron chi connectivity index (χ4n) is 3.14. The minimum absolute atomic E-state index is 0.147. The summed E-state index contributed by atoms with van der Waals surface area (Å²) in [6, 6.07) is 8.78. The monoisotopic (exact) mass is 349 g/mol. The predicted octanol–water partition coefficient (Wildman–Crippen LogP) is 2.63. The average molecular weight is 349 g/mol. The molecule has 1 aromatic heterocycles. The Balaban J connectivity index is 1.58. The van der Waals surface area contributed by atoms with Gasteiger partial charge in [0.05, 0.1) is 16.7 Å². The molecule has 1 aromatic carbocycles. The molecule has 7 heteroatoms. The van der Waals surface area contributed by atoms with E-state index < -0.39 is 9.84 Å². The van der Waals surface area contributed by atoms with Crippen LogP contribution in [0.5, 0.6) is 0 Å². The van der Waals surface area contributed by atoms with Crippen molar-refractivity contribution < 1.29 is 12.9 Å². The molecule has 0 N–H and O–H groups in total. The third kappa shape index (κ3) is 3.84. The molecular weight excluding hydrogens is 326 g/mol. The van der Waals surface area contributed by atoms with E-state index in [-0.39, 0.29) is 11.8 Å². The number of hydrogen-bond acceptors (Lipinski definition) is 6. The summed E-state index contributed by atoms with van der Waals surface area (Å²) in [5.74, 6) is 1.55. The smallest absolute Gasteiger partial charge is 0.226 e. The quantitative estimate of drug-likeness (QED) is 0.765. The first kappa shape index (κ1) is 17.1. The zero-order valence-corrected chi connectivity index (χ0v) is 14.7. The molecule has 6 nitrogen and oxygen atoms in total. The number of nitrogens with zero attached hydrogens (tertiary/aromatic N) is 3. The van der Waals surface area contributed by atoms with Crippen molar-refractivity contribution in [3.8, 4) is 0 Å². The first-order valence-corrected chi connectivity index (χ1v) is 10.1. The highest BCUT2D eigenvalue weighted by Gasteiger charge is 2.29. The van der Waals surface area contributed by atoms with Crippen LogP contribution in [-0.2, 0) is 16.3 Å². The Morgan fingerprint density at radius 2 is 2.08 bits per heavy atom. The molecule has 0 radical (unpaired) electrons. The van der Waals surface area contributed by atoms with Crippen molar-refractivity contribution in [1.29, 1.82) is 0 Å². The predicted molar refractivity (Wildman–Crippen MR) is 90.3 cm³/mol. The van der Waals surface area contributed by atoms with Crippen LogP contribution in [0.15, 0.2) is 39.8 Å². The third-order valence-electron chi connectivity index (χ3n) is 4.41. The number of aryl methyl sites for hydroxylation is 1. The van der Waals surface area contributed by atoms with Crippen LogP contribution in [0.2, 0.25) is 0 Å². The first-order chi connectivity index (χ1) is 11.6. The molecule has 1 aliphatic rings. The summed E-state index contributed by atoms with van der Waals surface area (Å²) in [4.78, 5) is 7.09. The third-order valence-corrected chi connectivity index (χ3v) is 6.23. The number of aromatic nitrogens is 2. The van der Waals surface area contributed by atoms with E-state index in [1.807, 2.05) is 13.0 Å². The standard InChI is InChI=1S/C17H23N3O3S/c1-2-16-18-17(19-23-16)15-10-6-11-20(15)12-7-13-24(21,22)14-8-4-3-5-9-14/h3-5,8-9,15H,2,6-7,10-13H2,1H3/t15-/m1/s1. The molecule has 0 bridgehead atoms. The number of rotatable bonds is 7. The van der Waals surface area contributed by atoms with Gasteiger partial charge in [0.1, 0.15) is 0 Å². The molecule has 0 amide bonds. The normalized spacial score (nSPS) is 19.0. The van der Waals surface area contributed by atoms with Gasteiger partial charge in [-0.05, 0) is 44.5 Å². The summed E-state index contributed by atoms with van der Waals surface area (Å²) in [6.45, 7) is 3.66. The summed E-state index contributed by atoms with van der Waals surface area (Å²) < 4.78 is 29.9. The van der Waals surface area contributed by atoms with Crippen LogP contribution >= 0.6 is 0 Å². The molecule has 1 atom stereocenters. The number of likely N-dealkylation sites (tertiary alicyclic amines) is 1. The van der Waals surface area contributed by atoms with Crippen LogP contribution in [-0.4, -0.2) is 42.3 Å². The van der Waals surface area contributed by atoms with Gasteiger partial charge in [-0.1, -0.05) is 30.3 Å². The molecule has 3 rings (SSSR count). The van der Waals surface area contributed by atoms with Gasteiger partial charge in [0.2, 0.25) is 5.89 Å². The van der Waals surface area contributed by atoms with Gasteiger partial charge < -0.3 is 4.52 Å². The lowest BCUT2D eigenvalue weighted by Gasteiger charge is -2.21. The van der Waals surface area contributed by atoms with Gasteiger partial charge in [0.15, 0.2) is 15.7 Å². The van der Waals surface area contributed by atoms with E-state index in [9.17, 15) is 8.42 Å². The van der Waals surface area contributed by atoms with Crippen LogP contribution in [0.3, 0.4) is 0 Å². The molecule has 1 saturated heterocycles. The van der Waals surface area contributed by atoms with Crippen LogP contribution in [0.25, 0.3) is 0 Å². The molecule has 2 heterocycles. The minimum Gasteiger partial charge on any atom is -0.339 e. The number of benzene rings is 1. The van der Waals surface area contributed by atoms with Crippen LogP contribution < -0.4 is 0 Å². The lowest BCUT2D eigenvalue weighted by Crippen LogP contribution is -2.26. The minimum atomic E-state index is -3.21. The molecule has 130 valence electrons. The molecule has 1 fully saturated rings. The van der Waals surface area contributed by atoms with Gasteiger partial charge in [-0.25, -0.2) is 8.42 Å². The maximum Gasteiger partial charge on any atom is 0.226 e. The van der Waals surface area contributed by atoms with Gasteiger partial charge in [0, 0.05) is 6.42 Å². The van der Waals surface area contributed by atoms with E-state index in [0.717, 1.165) is 38.2 Å². The molecule has 2 aromatic rings. The van der Waals surface area contributed by atoms with Gasteiger partial charge >= 0.3 is 0 Å². The van der Waals surface area contributed by atoms with Crippen molar-refractivity contribution in [3.63, 3.8) is 0 Å². The summed E-state index contributed by atoms with van der Waals surface area (Å²) in [5, 5.41) is 4.08. The Bertz CT molecular complexity index is 758. The topological polar surface area (TPSA) is 76.3 Å². The second-order valence-corrected chi connectivity index (χ2v) is 8.19. The van der Waals surface area contributed by atoms with Crippen LogP contribution in [0.1, 0.15) is 43.9 Å². The fraction of sp³-hybridized carbons (Fsp3) is 0.529. The van der Waals surface area contributed by atoms with Crippen molar-refractivity contribution in [3.05, 3.63) is 42.0 Å². The van der Waals surface area contributed by atoms with Crippen LogP contribution in [0.4, 0.5) is 0 Å². The van der Waals surface area contributed by atoms with Crippen molar-refractivity contribution in [1.82, 2.24) is 15.0 Å². The van der Waals surface area contributed by atoms with Crippen LogP contribution in [0, 0.1) is 0 Å². The lowest BCUT2D eigenvalue weighted by atomic mass is 10.2. The summed E-state index contributed by atoms with van der Waals surface area (Å²) in [6.07, 6.45) is 3.40. The van der Waals surface area contributed by atoms with Gasteiger partial charge in [0.25, 0.3) is 0 Å². The molecule has 1 aliphatic heterocycles. The Hall–Kier alpha value is -1.73. The highest BCUT2D eigenvalue weighted by molar-refractivity contribution is 7.91. The van der Waals surface area contributed by atoms with Gasteiger partial charge in [-0.3, -0.25) is 4.90 Å². The van der Waals surface area contributed by atoms with Crippen molar-refractivity contribution in [2.75, 3.05) is 18.8 Å². The Morgan fingerprint density at radius 3 is 2.79 bits per heavy atom. The highest BCUT2D eigenvalue weighted by atomic mass is 32.2. The molecule has 0 saturated carbocycles. The van der Waals surface area contributed by atoms with Gasteiger partial charge in [-0.15, -0.1) is 0 Å². The molecule has 0 unspecified atom stereocenters. The Kier molecular flexibility index (Phi) is 5.30. The van der Waals surface area contributed by atoms with Crippen molar-refractivity contribution in [2.24, 2.45) is 0 Å². The van der Waals surface area contributed by atoms with E-state index in [2.05, 4.69) is 15.0 Å². The molecule has 24 heavy (non-hydrogen) atoms. The van der Waals surface area contributed by atoms with E-state index >= 15 is 0 Å². The lowest BCUT2D eigenvalue weighted by molar-refractivity contribution is 0.243. The largest absolute Gasteiger partial charge is 0.339 e. The highest BCUT2D eigenvalue weighted by Crippen LogP contribution is 2.30. The molecule has 0 spiro atoms. The first-order valence-electron chi connectivity index (χ1n) is 8.44. The zero-order valence-electron chi connectivity index (χ0n) is 13.9. The van der Waals surface area contributed by atoms with Gasteiger partial charge in [-0.2, -0.15) is 4.98 Å². The summed E-state index contributed by atoms with van der Waals surface area (Å²) in [7, 11) is -3.21. The van der Waals surface area contributed by atoms with Crippen molar-refractivity contribution >= 4 is 9.84 Å². The summed E-state index contributed by atoms with van der Waals surface area (Å²) >= 11 is 0. The van der Waals surface area contributed by atoms with E-state index in [1.165, 1.54) is 0 Å². The second-order valence-electron chi connectivity index (χ2n) is 6.08. The van der Waals surface area contributed by atoms with E-state index in [1.54, 1.807) is 24.3 Å². The number of sulfone groups is 1. The summed E-state index contributed by atoms with van der Waals surface area (Å²) in [5.41, 5.74) is 0. The molecular formula is C17H23N3O3S. The fourth-order valence-corrected chi connectivity index (χ4v) is 4.45.